The van der Waals surface area contributed by atoms with Crippen molar-refractivity contribution in [1.82, 2.24) is 20.4 Å². The predicted octanol–water partition coefficient (Wildman–Crippen LogP) is 3.00. The van der Waals surface area contributed by atoms with Gasteiger partial charge in [-0.25, -0.2) is 4.39 Å². The summed E-state index contributed by atoms with van der Waals surface area (Å²) in [6, 6.07) is 7.02. The zero-order valence-electron chi connectivity index (χ0n) is 15.0. The summed E-state index contributed by atoms with van der Waals surface area (Å²) in [6.45, 7) is 4.03. The monoisotopic (exact) mass is 356 g/mol. The molecule has 1 amide bonds. The van der Waals surface area contributed by atoms with Crippen LogP contribution in [-0.4, -0.2) is 28.8 Å². The first-order valence-corrected chi connectivity index (χ1v) is 9.47. The SMILES string of the molecule is CC1CCc2c(F)cccc2C1NC(=O)c1ccn(C2CCCNC2)n1. The van der Waals surface area contributed by atoms with Crippen LogP contribution >= 0.6 is 0 Å². The Bertz CT molecular complexity index is 797. The fourth-order valence-corrected chi connectivity index (χ4v) is 4.13. The standard InChI is InChI=1S/C20H25FN4O/c1-13-7-8-15-16(5-2-6-17(15)21)19(13)23-20(26)18-9-11-25(24-18)14-4-3-10-22-12-14/h2,5-6,9,11,13-14,19,22H,3-4,7-8,10,12H2,1H3,(H,23,26). The quantitative estimate of drug-likeness (QED) is 0.889. The van der Waals surface area contributed by atoms with Gasteiger partial charge in [0.15, 0.2) is 0 Å². The summed E-state index contributed by atoms with van der Waals surface area (Å²) >= 11 is 0. The summed E-state index contributed by atoms with van der Waals surface area (Å²) in [6.07, 6.45) is 5.65. The van der Waals surface area contributed by atoms with Gasteiger partial charge >= 0.3 is 0 Å². The molecule has 1 aromatic carbocycles. The minimum Gasteiger partial charge on any atom is -0.344 e. The van der Waals surface area contributed by atoms with Crippen molar-refractivity contribution in [2.75, 3.05) is 13.1 Å². The van der Waals surface area contributed by atoms with Gasteiger partial charge in [0.05, 0.1) is 12.1 Å². The van der Waals surface area contributed by atoms with E-state index in [0.717, 1.165) is 49.9 Å². The Morgan fingerprint density at radius 1 is 1.35 bits per heavy atom. The second-order valence-electron chi connectivity index (χ2n) is 7.46. The maximum absolute atomic E-state index is 14.1. The highest BCUT2D eigenvalue weighted by molar-refractivity contribution is 5.92. The highest BCUT2D eigenvalue weighted by Crippen LogP contribution is 2.35. The summed E-state index contributed by atoms with van der Waals surface area (Å²) in [5, 5.41) is 10.9. The number of benzene rings is 1. The second-order valence-corrected chi connectivity index (χ2v) is 7.46. The van der Waals surface area contributed by atoms with Crippen LogP contribution in [0.5, 0.6) is 0 Å². The van der Waals surface area contributed by atoms with Crippen molar-refractivity contribution >= 4 is 5.91 Å². The van der Waals surface area contributed by atoms with Gasteiger partial charge < -0.3 is 10.6 Å². The van der Waals surface area contributed by atoms with Crippen molar-refractivity contribution in [1.29, 1.82) is 0 Å². The molecule has 1 saturated heterocycles. The van der Waals surface area contributed by atoms with Gasteiger partial charge in [-0.05, 0) is 61.4 Å². The van der Waals surface area contributed by atoms with Crippen LogP contribution in [0.2, 0.25) is 0 Å². The molecule has 2 heterocycles. The Morgan fingerprint density at radius 2 is 2.23 bits per heavy atom. The van der Waals surface area contributed by atoms with Crippen molar-refractivity contribution in [3.05, 3.63) is 53.1 Å². The van der Waals surface area contributed by atoms with Crippen LogP contribution in [0.1, 0.15) is 59.9 Å². The molecule has 0 saturated carbocycles. The van der Waals surface area contributed by atoms with E-state index in [1.165, 1.54) is 6.07 Å². The normalized spacial score (nSPS) is 25.5. The van der Waals surface area contributed by atoms with Gasteiger partial charge in [0.1, 0.15) is 11.5 Å². The lowest BCUT2D eigenvalue weighted by atomic mass is 9.80. The molecular formula is C20H25FN4O. The molecule has 4 rings (SSSR count). The molecule has 0 bridgehead atoms. The molecule has 1 aromatic heterocycles. The molecule has 2 N–H and O–H groups in total. The lowest BCUT2D eigenvalue weighted by Crippen LogP contribution is -2.36. The van der Waals surface area contributed by atoms with Gasteiger partial charge in [-0.3, -0.25) is 9.48 Å². The van der Waals surface area contributed by atoms with Gasteiger partial charge in [0.2, 0.25) is 0 Å². The average molecular weight is 356 g/mol. The van der Waals surface area contributed by atoms with E-state index in [0.29, 0.717) is 11.7 Å². The van der Waals surface area contributed by atoms with E-state index in [1.54, 1.807) is 12.1 Å². The molecule has 26 heavy (non-hydrogen) atoms. The first-order chi connectivity index (χ1) is 12.6. The number of nitrogens with zero attached hydrogens (tertiary/aromatic N) is 2. The molecule has 3 atom stereocenters. The van der Waals surface area contributed by atoms with Gasteiger partial charge in [0, 0.05) is 12.7 Å². The summed E-state index contributed by atoms with van der Waals surface area (Å²) in [5.41, 5.74) is 2.05. The number of nitrogens with one attached hydrogen (secondary N) is 2. The van der Waals surface area contributed by atoms with Gasteiger partial charge in [0.25, 0.3) is 5.91 Å². The number of halogens is 1. The Morgan fingerprint density at radius 3 is 3.04 bits per heavy atom. The lowest BCUT2D eigenvalue weighted by molar-refractivity contribution is 0.0912. The van der Waals surface area contributed by atoms with Crippen LogP contribution in [-0.2, 0) is 6.42 Å². The number of hydrogen-bond acceptors (Lipinski definition) is 3. The van der Waals surface area contributed by atoms with Crippen LogP contribution in [0.25, 0.3) is 0 Å². The second kappa shape index (κ2) is 7.19. The molecule has 5 nitrogen and oxygen atoms in total. The molecule has 138 valence electrons. The highest BCUT2D eigenvalue weighted by Gasteiger charge is 2.30. The van der Waals surface area contributed by atoms with Crippen molar-refractivity contribution in [2.24, 2.45) is 5.92 Å². The molecule has 1 aliphatic carbocycles. The number of amides is 1. The van der Waals surface area contributed by atoms with Crippen molar-refractivity contribution in [2.45, 2.75) is 44.7 Å². The Hall–Kier alpha value is -2.21. The zero-order valence-corrected chi connectivity index (χ0v) is 15.0. The third-order valence-electron chi connectivity index (χ3n) is 5.68. The van der Waals surface area contributed by atoms with Crippen LogP contribution in [0.3, 0.4) is 0 Å². The first kappa shape index (κ1) is 17.2. The molecule has 2 aliphatic rings. The smallest absolute Gasteiger partial charge is 0.272 e. The molecule has 1 aliphatic heterocycles. The molecule has 1 fully saturated rings. The van der Waals surface area contributed by atoms with Gasteiger partial charge in [-0.15, -0.1) is 0 Å². The molecular weight excluding hydrogens is 331 g/mol. The largest absolute Gasteiger partial charge is 0.344 e. The van der Waals surface area contributed by atoms with E-state index in [9.17, 15) is 9.18 Å². The lowest BCUT2D eigenvalue weighted by Gasteiger charge is -2.32. The number of carbonyl (C=O) groups excluding carboxylic acids is 1. The van der Waals surface area contributed by atoms with E-state index >= 15 is 0 Å². The number of fused-ring (bicyclic) bond motifs is 1. The Balaban J connectivity index is 1.52. The average Bonchev–Trinajstić information content (AvgIpc) is 3.15. The third kappa shape index (κ3) is 3.26. The summed E-state index contributed by atoms with van der Waals surface area (Å²) < 4.78 is 16.0. The maximum atomic E-state index is 14.1. The van der Waals surface area contributed by atoms with E-state index in [2.05, 4.69) is 22.7 Å². The highest BCUT2D eigenvalue weighted by atomic mass is 19.1. The topological polar surface area (TPSA) is 59.0 Å². The number of carbonyl (C=O) groups is 1. The molecule has 2 aromatic rings. The number of piperidine rings is 1. The molecule has 0 spiro atoms. The molecule has 6 heteroatoms. The van der Waals surface area contributed by atoms with Crippen molar-refractivity contribution < 1.29 is 9.18 Å². The fourth-order valence-electron chi connectivity index (χ4n) is 4.13. The third-order valence-corrected chi connectivity index (χ3v) is 5.68. The molecule has 3 unspecified atom stereocenters. The van der Waals surface area contributed by atoms with E-state index in [-0.39, 0.29) is 23.7 Å². The van der Waals surface area contributed by atoms with E-state index in [1.807, 2.05) is 16.9 Å². The summed E-state index contributed by atoms with van der Waals surface area (Å²) in [7, 11) is 0. The van der Waals surface area contributed by atoms with E-state index in [4.69, 9.17) is 0 Å². The van der Waals surface area contributed by atoms with Crippen LogP contribution in [0, 0.1) is 11.7 Å². The summed E-state index contributed by atoms with van der Waals surface area (Å²) in [5.74, 6) is -0.109. The molecule has 0 radical (unpaired) electrons. The first-order valence-electron chi connectivity index (χ1n) is 9.47. The fraction of sp³-hybridized carbons (Fsp3) is 0.500. The van der Waals surface area contributed by atoms with Crippen molar-refractivity contribution in [3.8, 4) is 0 Å². The van der Waals surface area contributed by atoms with E-state index < -0.39 is 0 Å². The minimum atomic E-state index is -0.193. The number of rotatable bonds is 3. The van der Waals surface area contributed by atoms with Crippen LogP contribution < -0.4 is 10.6 Å². The minimum absolute atomic E-state index is 0.177. The Labute approximate surface area is 153 Å². The van der Waals surface area contributed by atoms with Gasteiger partial charge in [-0.1, -0.05) is 19.1 Å². The number of aromatic nitrogens is 2. The van der Waals surface area contributed by atoms with Crippen LogP contribution in [0.4, 0.5) is 4.39 Å². The Kier molecular flexibility index (Phi) is 4.76. The van der Waals surface area contributed by atoms with Crippen LogP contribution in [0.15, 0.2) is 30.5 Å². The maximum Gasteiger partial charge on any atom is 0.272 e. The zero-order chi connectivity index (χ0) is 18.1. The number of hydrogen-bond donors (Lipinski definition) is 2. The van der Waals surface area contributed by atoms with Crippen molar-refractivity contribution in [3.63, 3.8) is 0 Å². The van der Waals surface area contributed by atoms with Gasteiger partial charge in [-0.2, -0.15) is 5.10 Å². The summed E-state index contributed by atoms with van der Waals surface area (Å²) in [4.78, 5) is 12.8. The predicted molar refractivity (Wildman–Crippen MR) is 97.5 cm³/mol.